The molecule has 0 saturated carbocycles. The Balaban J connectivity index is 2.00. The van der Waals surface area contributed by atoms with Gasteiger partial charge in [0.15, 0.2) is 5.84 Å². The van der Waals surface area contributed by atoms with Crippen molar-refractivity contribution in [2.24, 2.45) is 9.98 Å². The molecule has 0 bridgehead atoms. The number of nitrogens with one attached hydrogen (secondary N) is 1. The molecule has 0 unspecified atom stereocenters. The van der Waals surface area contributed by atoms with Gasteiger partial charge in [-0.2, -0.15) is 0 Å². The Labute approximate surface area is 193 Å². The molecule has 2 heterocycles. The molecule has 0 amide bonds. The number of nitrogens with zero attached hydrogens (tertiary/aromatic N) is 3. The highest BCUT2D eigenvalue weighted by molar-refractivity contribution is 6.32. The van der Waals surface area contributed by atoms with E-state index in [0.717, 1.165) is 33.5 Å². The van der Waals surface area contributed by atoms with E-state index in [4.69, 9.17) is 23.0 Å². The van der Waals surface area contributed by atoms with Crippen LogP contribution in [0.4, 0.5) is 0 Å². The van der Waals surface area contributed by atoms with Crippen molar-refractivity contribution in [3.05, 3.63) is 118 Å². The van der Waals surface area contributed by atoms with Crippen LogP contribution in [0.1, 0.15) is 18.2 Å². The first-order valence-electron chi connectivity index (χ1n) is 10.0. The molecule has 158 valence electrons. The molecule has 0 radical (unpaired) electrons. The number of hydrogen-bond acceptors (Lipinski definition) is 2. The van der Waals surface area contributed by atoms with E-state index in [1.165, 1.54) is 0 Å². The van der Waals surface area contributed by atoms with E-state index in [-0.39, 0.29) is 0 Å². The number of halogens is 1. The normalized spacial score (nSPS) is 14.8. The molecule has 0 spiro atoms. The Hall–Kier alpha value is -3.90. The van der Waals surface area contributed by atoms with Crippen molar-refractivity contribution in [1.29, 1.82) is 0 Å². The summed E-state index contributed by atoms with van der Waals surface area (Å²) in [5, 5.41) is 0.572. The Morgan fingerprint density at radius 1 is 1.34 bits per heavy atom. The summed E-state index contributed by atoms with van der Waals surface area (Å²) in [6.45, 7) is 6.04. The number of aliphatic imine (C=N–C) groups is 2. The second-order valence-electron chi connectivity index (χ2n) is 7.05. The van der Waals surface area contributed by atoms with Crippen molar-refractivity contribution < 1.29 is 0 Å². The molecule has 1 N–H and O–H groups in total. The number of H-pyrrole nitrogens is 1. The van der Waals surface area contributed by atoms with E-state index < -0.39 is 0 Å². The maximum Gasteiger partial charge on any atom is 0.155 e. The fourth-order valence-electron chi connectivity index (χ4n) is 3.11. The number of amidine groups is 1. The predicted octanol–water partition coefficient (Wildman–Crippen LogP) is 5.75. The van der Waals surface area contributed by atoms with Gasteiger partial charge in [0.05, 0.1) is 11.6 Å². The van der Waals surface area contributed by atoms with Gasteiger partial charge in [0.25, 0.3) is 0 Å². The lowest BCUT2D eigenvalue weighted by molar-refractivity contribution is 0.998. The highest BCUT2D eigenvalue weighted by atomic mass is 35.5. The van der Waals surface area contributed by atoms with E-state index >= 15 is 0 Å². The van der Waals surface area contributed by atoms with Gasteiger partial charge >= 0.3 is 0 Å². The zero-order chi connectivity index (χ0) is 22.8. The number of hydrogen-bond donors (Lipinski definition) is 1. The third-order valence-electron chi connectivity index (χ3n) is 4.67. The van der Waals surface area contributed by atoms with Gasteiger partial charge in [0.2, 0.25) is 0 Å². The standard InChI is InChI=1S/C27H23ClN4/c1-4-7-22(25-12-10-20(2)11-13-26(25)28)16-21(17-24-9-6-15-31-24)18-32-27(29-3)23-8-5-14-30-19-23/h1,5-10,12-16,19,31H,3,17-18H2,2H3/b21-16-,22-7+,32-27?. The van der Waals surface area contributed by atoms with Crippen LogP contribution in [-0.2, 0) is 6.42 Å². The van der Waals surface area contributed by atoms with E-state index in [2.05, 4.69) is 33.3 Å². The molecule has 2 aromatic heterocycles. The number of aromatic amines is 1. The zero-order valence-electron chi connectivity index (χ0n) is 17.8. The highest BCUT2D eigenvalue weighted by Crippen LogP contribution is 2.26. The zero-order valence-corrected chi connectivity index (χ0v) is 18.6. The Morgan fingerprint density at radius 2 is 2.22 bits per heavy atom. The van der Waals surface area contributed by atoms with Crippen molar-refractivity contribution in [2.75, 3.05) is 6.54 Å². The molecule has 1 aliphatic carbocycles. The van der Waals surface area contributed by atoms with Gasteiger partial charge in [-0.25, -0.2) is 4.99 Å². The van der Waals surface area contributed by atoms with Gasteiger partial charge in [-0.15, -0.1) is 12.2 Å². The predicted molar refractivity (Wildman–Crippen MR) is 134 cm³/mol. The first kappa shape index (κ1) is 22.8. The van der Waals surface area contributed by atoms with Crippen molar-refractivity contribution in [3.8, 4) is 12.3 Å². The van der Waals surface area contributed by atoms with Gasteiger partial charge in [0.1, 0.15) is 0 Å². The third-order valence-corrected chi connectivity index (χ3v) is 4.99. The highest BCUT2D eigenvalue weighted by Gasteiger charge is 2.10. The maximum atomic E-state index is 6.53. The number of rotatable bonds is 7. The SMILES string of the molecule is C#C/C=C(\C=C(/CN=C(N=C)c1cccnc1)Cc1ccc[nH]1)C1=C(Cl)C=C=C(C)C=C1. The van der Waals surface area contributed by atoms with Crippen molar-refractivity contribution >= 4 is 24.2 Å². The summed E-state index contributed by atoms with van der Waals surface area (Å²) in [6.07, 6.45) is 21.0. The molecule has 32 heavy (non-hydrogen) atoms. The molecule has 3 rings (SSSR count). The fourth-order valence-corrected chi connectivity index (χ4v) is 3.34. The summed E-state index contributed by atoms with van der Waals surface area (Å²) in [6, 6.07) is 7.74. The number of aromatic nitrogens is 2. The first-order valence-corrected chi connectivity index (χ1v) is 10.4. The van der Waals surface area contributed by atoms with Crippen LogP contribution in [0.5, 0.6) is 0 Å². The molecule has 5 heteroatoms. The van der Waals surface area contributed by atoms with Crippen molar-refractivity contribution in [2.45, 2.75) is 13.3 Å². The molecular weight excluding hydrogens is 416 g/mol. The average Bonchev–Trinajstić information content (AvgIpc) is 3.25. The molecule has 0 saturated heterocycles. The van der Waals surface area contributed by atoms with Crippen molar-refractivity contribution in [3.63, 3.8) is 0 Å². The fraction of sp³-hybridized carbons (Fsp3) is 0.111. The van der Waals surface area contributed by atoms with Crippen LogP contribution in [0.15, 0.2) is 116 Å². The number of allylic oxidation sites excluding steroid dienone is 8. The van der Waals surface area contributed by atoms with Gasteiger partial charge in [-0.1, -0.05) is 35.7 Å². The topological polar surface area (TPSA) is 53.4 Å². The van der Waals surface area contributed by atoms with Crippen LogP contribution in [-0.4, -0.2) is 29.1 Å². The van der Waals surface area contributed by atoms with E-state index in [0.29, 0.717) is 23.8 Å². The Kier molecular flexibility index (Phi) is 8.17. The van der Waals surface area contributed by atoms with Crippen LogP contribution < -0.4 is 0 Å². The summed E-state index contributed by atoms with van der Waals surface area (Å²) in [7, 11) is 0. The molecule has 0 atom stereocenters. The van der Waals surface area contributed by atoms with Gasteiger partial charge in [0, 0.05) is 41.8 Å². The van der Waals surface area contributed by atoms with Crippen LogP contribution in [0.3, 0.4) is 0 Å². The van der Waals surface area contributed by atoms with E-state index in [1.807, 2.05) is 55.6 Å². The minimum absolute atomic E-state index is 0.409. The summed E-state index contributed by atoms with van der Waals surface area (Å²) < 4.78 is 0. The summed E-state index contributed by atoms with van der Waals surface area (Å²) in [5.41, 5.74) is 8.68. The molecular formula is C27H23ClN4. The smallest absolute Gasteiger partial charge is 0.155 e. The second-order valence-corrected chi connectivity index (χ2v) is 7.45. The lowest BCUT2D eigenvalue weighted by Gasteiger charge is -2.10. The largest absolute Gasteiger partial charge is 0.365 e. The number of terminal acetylenes is 1. The molecule has 1 aliphatic rings. The minimum atomic E-state index is 0.409. The summed E-state index contributed by atoms with van der Waals surface area (Å²) >= 11 is 6.53. The number of pyridine rings is 1. The maximum absolute atomic E-state index is 6.53. The minimum Gasteiger partial charge on any atom is -0.365 e. The van der Waals surface area contributed by atoms with Gasteiger partial charge in [-0.05, 0) is 66.8 Å². The quantitative estimate of drug-likeness (QED) is 0.193. The van der Waals surface area contributed by atoms with Crippen molar-refractivity contribution in [1.82, 2.24) is 9.97 Å². The first-order chi connectivity index (χ1) is 15.6. The van der Waals surface area contributed by atoms with Gasteiger partial charge in [-0.3, -0.25) is 9.98 Å². The van der Waals surface area contributed by atoms with Crippen LogP contribution in [0, 0.1) is 12.3 Å². The van der Waals surface area contributed by atoms with Gasteiger partial charge < -0.3 is 4.98 Å². The third kappa shape index (κ3) is 6.30. The second kappa shape index (κ2) is 11.5. The van der Waals surface area contributed by atoms with Crippen LogP contribution in [0.25, 0.3) is 0 Å². The van der Waals surface area contributed by atoms with Crippen LogP contribution in [0.2, 0.25) is 0 Å². The lowest BCUT2D eigenvalue weighted by Crippen LogP contribution is -2.03. The summed E-state index contributed by atoms with van der Waals surface area (Å²) in [5.74, 6) is 3.16. The van der Waals surface area contributed by atoms with E-state index in [1.54, 1.807) is 24.5 Å². The van der Waals surface area contributed by atoms with E-state index in [9.17, 15) is 0 Å². The lowest BCUT2D eigenvalue weighted by atomic mass is 9.99. The summed E-state index contributed by atoms with van der Waals surface area (Å²) in [4.78, 5) is 16.2. The molecule has 4 nitrogen and oxygen atoms in total. The molecule has 0 fully saturated rings. The Morgan fingerprint density at radius 3 is 2.91 bits per heavy atom. The monoisotopic (exact) mass is 438 g/mol. The molecule has 0 aliphatic heterocycles. The molecule has 2 aromatic rings. The molecule has 0 aromatic carbocycles. The Bertz CT molecular complexity index is 1220. The average molecular weight is 439 g/mol. The van der Waals surface area contributed by atoms with Crippen LogP contribution >= 0.6 is 11.6 Å².